The molecular weight excluding hydrogens is 495 g/mol. The van der Waals surface area contributed by atoms with Gasteiger partial charge in [0, 0.05) is 17.6 Å². The third-order valence-electron chi connectivity index (χ3n) is 4.05. The van der Waals surface area contributed by atoms with Gasteiger partial charge in [-0.05, 0) is 59.4 Å². The lowest BCUT2D eigenvalue weighted by Gasteiger charge is -2.15. The van der Waals surface area contributed by atoms with E-state index in [9.17, 15) is 9.59 Å². The van der Waals surface area contributed by atoms with Gasteiger partial charge in [0.2, 0.25) is 0 Å². The van der Waals surface area contributed by atoms with Crippen molar-refractivity contribution < 1.29 is 19.1 Å². The Kier molecular flexibility index (Phi) is 6.46. The predicted octanol–water partition coefficient (Wildman–Crippen LogP) is 4.44. The van der Waals surface area contributed by atoms with Crippen molar-refractivity contribution in [2.24, 2.45) is 0 Å². The van der Waals surface area contributed by atoms with Crippen molar-refractivity contribution in [3.8, 4) is 11.5 Å². The molecule has 146 valence electrons. The Morgan fingerprint density at radius 1 is 1.21 bits per heavy atom. The van der Waals surface area contributed by atoms with Gasteiger partial charge in [-0.3, -0.25) is 9.69 Å². The van der Waals surface area contributed by atoms with E-state index in [0.29, 0.717) is 29.7 Å². The summed E-state index contributed by atoms with van der Waals surface area (Å²) in [7, 11) is 1.43. The third kappa shape index (κ3) is 4.41. The van der Waals surface area contributed by atoms with E-state index in [2.05, 4.69) is 27.9 Å². The minimum Gasteiger partial charge on any atom is -0.490 e. The van der Waals surface area contributed by atoms with E-state index in [4.69, 9.17) is 21.1 Å². The fourth-order valence-electron chi connectivity index (χ4n) is 2.63. The van der Waals surface area contributed by atoms with Crippen LogP contribution in [0.25, 0.3) is 6.08 Å². The molecule has 0 aromatic heterocycles. The van der Waals surface area contributed by atoms with E-state index in [0.717, 1.165) is 19.6 Å². The van der Waals surface area contributed by atoms with Crippen molar-refractivity contribution in [3.05, 3.63) is 61.8 Å². The maximum Gasteiger partial charge on any atom is 0.328 e. The molecule has 1 N–H and O–H groups in total. The molecular formula is C20H18ClIN2O4. The number of amides is 3. The molecule has 28 heavy (non-hydrogen) atoms. The fourth-order valence-corrected chi connectivity index (χ4v) is 3.60. The molecule has 0 spiro atoms. The monoisotopic (exact) mass is 512 g/mol. The lowest BCUT2D eigenvalue weighted by Crippen LogP contribution is -2.25. The Labute approximate surface area is 181 Å². The summed E-state index contributed by atoms with van der Waals surface area (Å²) in [5.41, 5.74) is 1.81. The van der Waals surface area contributed by atoms with E-state index >= 15 is 0 Å². The van der Waals surface area contributed by atoms with Crippen LogP contribution in [0.2, 0.25) is 5.02 Å². The molecule has 1 aliphatic rings. The van der Waals surface area contributed by atoms with Crippen LogP contribution in [0, 0.1) is 3.57 Å². The summed E-state index contributed by atoms with van der Waals surface area (Å²) < 4.78 is 12.5. The first-order valence-corrected chi connectivity index (χ1v) is 9.99. The normalized spacial score (nSPS) is 15.1. The number of hydrogen-bond donors (Lipinski definition) is 1. The van der Waals surface area contributed by atoms with Gasteiger partial charge in [0.05, 0.1) is 10.2 Å². The van der Waals surface area contributed by atoms with Crippen molar-refractivity contribution in [1.82, 2.24) is 10.2 Å². The van der Waals surface area contributed by atoms with Gasteiger partial charge in [0.15, 0.2) is 11.5 Å². The summed E-state index contributed by atoms with van der Waals surface area (Å²) >= 11 is 8.35. The van der Waals surface area contributed by atoms with Crippen LogP contribution in [0.3, 0.4) is 0 Å². The standard InChI is InChI=1S/C20H18ClIN2O4/c1-3-27-17-10-12(9-16-19(25)24(2)20(26)23-16)8-15(22)18(17)28-11-13-6-4-5-7-14(13)21/h4-10H,3,11H2,1-2H3,(H,23,26)/b16-9+. The van der Waals surface area contributed by atoms with Crippen LogP contribution in [-0.4, -0.2) is 30.5 Å². The molecule has 8 heteroatoms. The molecule has 2 aromatic carbocycles. The minimum atomic E-state index is -0.448. The molecule has 0 saturated carbocycles. The molecule has 1 heterocycles. The smallest absolute Gasteiger partial charge is 0.328 e. The van der Waals surface area contributed by atoms with Gasteiger partial charge in [0.1, 0.15) is 12.3 Å². The maximum absolute atomic E-state index is 12.1. The van der Waals surface area contributed by atoms with E-state index in [1.807, 2.05) is 37.3 Å². The Balaban J connectivity index is 1.89. The van der Waals surface area contributed by atoms with Crippen LogP contribution in [0.4, 0.5) is 4.79 Å². The van der Waals surface area contributed by atoms with Gasteiger partial charge in [-0.1, -0.05) is 29.8 Å². The summed E-state index contributed by atoms with van der Waals surface area (Å²) in [5.74, 6) is 0.777. The molecule has 0 radical (unpaired) electrons. The largest absolute Gasteiger partial charge is 0.490 e. The van der Waals surface area contributed by atoms with E-state index in [1.54, 1.807) is 12.1 Å². The fraction of sp³-hybridized carbons (Fsp3) is 0.200. The van der Waals surface area contributed by atoms with Gasteiger partial charge < -0.3 is 14.8 Å². The van der Waals surface area contributed by atoms with Crippen LogP contribution in [0.15, 0.2) is 42.1 Å². The first-order valence-electron chi connectivity index (χ1n) is 8.54. The molecule has 0 aliphatic carbocycles. The van der Waals surface area contributed by atoms with Gasteiger partial charge >= 0.3 is 6.03 Å². The number of ether oxygens (including phenoxy) is 2. The Hall–Kier alpha value is -2.26. The number of urea groups is 1. The summed E-state index contributed by atoms with van der Waals surface area (Å²) in [5, 5.41) is 3.19. The highest BCUT2D eigenvalue weighted by Crippen LogP contribution is 2.36. The number of imide groups is 1. The quantitative estimate of drug-likeness (QED) is 0.353. The molecule has 0 bridgehead atoms. The second kappa shape index (κ2) is 8.83. The first kappa shape index (κ1) is 20.5. The molecule has 0 atom stereocenters. The molecule has 3 amide bonds. The molecule has 6 nitrogen and oxygen atoms in total. The second-order valence-corrected chi connectivity index (χ2v) is 7.56. The van der Waals surface area contributed by atoms with Crippen LogP contribution in [-0.2, 0) is 11.4 Å². The Morgan fingerprint density at radius 2 is 1.96 bits per heavy atom. The second-order valence-electron chi connectivity index (χ2n) is 6.00. The van der Waals surface area contributed by atoms with Crippen molar-refractivity contribution in [2.75, 3.05) is 13.7 Å². The van der Waals surface area contributed by atoms with Crippen molar-refractivity contribution in [2.45, 2.75) is 13.5 Å². The zero-order valence-electron chi connectivity index (χ0n) is 15.3. The summed E-state index contributed by atoms with van der Waals surface area (Å²) in [6.07, 6.45) is 1.62. The number of rotatable bonds is 6. The zero-order valence-corrected chi connectivity index (χ0v) is 18.2. The number of benzene rings is 2. The summed E-state index contributed by atoms with van der Waals surface area (Å²) in [6, 6.07) is 10.7. The van der Waals surface area contributed by atoms with E-state index < -0.39 is 6.03 Å². The topological polar surface area (TPSA) is 67.9 Å². The third-order valence-corrected chi connectivity index (χ3v) is 5.22. The number of carbonyl (C=O) groups is 2. The Morgan fingerprint density at radius 3 is 2.61 bits per heavy atom. The highest BCUT2D eigenvalue weighted by Gasteiger charge is 2.30. The molecule has 2 aromatic rings. The molecule has 0 unspecified atom stereocenters. The number of nitrogens with one attached hydrogen (secondary N) is 1. The number of carbonyl (C=O) groups excluding carboxylic acids is 2. The van der Waals surface area contributed by atoms with Gasteiger partial charge in [0.25, 0.3) is 5.91 Å². The SMILES string of the molecule is CCOc1cc(/C=C2/NC(=O)N(C)C2=O)cc(I)c1OCc1ccccc1Cl. The highest BCUT2D eigenvalue weighted by atomic mass is 127. The number of hydrogen-bond acceptors (Lipinski definition) is 4. The van der Waals surface area contributed by atoms with Gasteiger partial charge in [-0.15, -0.1) is 0 Å². The van der Waals surface area contributed by atoms with Crippen LogP contribution < -0.4 is 14.8 Å². The summed E-state index contributed by atoms with van der Waals surface area (Å²) in [6.45, 7) is 2.64. The van der Waals surface area contributed by atoms with E-state index in [-0.39, 0.29) is 11.6 Å². The molecule has 3 rings (SSSR count). The Bertz CT molecular complexity index is 961. The average Bonchev–Trinajstić information content (AvgIpc) is 2.89. The maximum atomic E-state index is 12.1. The van der Waals surface area contributed by atoms with Crippen LogP contribution in [0.5, 0.6) is 11.5 Å². The summed E-state index contributed by atoms with van der Waals surface area (Å²) in [4.78, 5) is 24.7. The molecule has 1 saturated heterocycles. The lowest BCUT2D eigenvalue weighted by atomic mass is 10.1. The van der Waals surface area contributed by atoms with E-state index in [1.165, 1.54) is 7.05 Å². The van der Waals surface area contributed by atoms with Crippen molar-refractivity contribution in [3.63, 3.8) is 0 Å². The lowest BCUT2D eigenvalue weighted by molar-refractivity contribution is -0.121. The molecule has 1 aliphatic heterocycles. The van der Waals surface area contributed by atoms with Gasteiger partial charge in [-0.2, -0.15) is 0 Å². The number of nitrogens with zero attached hydrogens (tertiary/aromatic N) is 1. The number of likely N-dealkylation sites (N-methyl/N-ethyl adjacent to an activating group) is 1. The number of halogens is 2. The van der Waals surface area contributed by atoms with Crippen molar-refractivity contribution >= 4 is 52.2 Å². The predicted molar refractivity (Wildman–Crippen MR) is 115 cm³/mol. The minimum absolute atomic E-state index is 0.218. The molecule has 1 fully saturated rings. The van der Waals surface area contributed by atoms with Gasteiger partial charge in [-0.25, -0.2) is 4.79 Å². The van der Waals surface area contributed by atoms with Crippen LogP contribution in [0.1, 0.15) is 18.1 Å². The zero-order chi connectivity index (χ0) is 20.3. The van der Waals surface area contributed by atoms with Crippen molar-refractivity contribution in [1.29, 1.82) is 0 Å². The highest BCUT2D eigenvalue weighted by molar-refractivity contribution is 14.1. The average molecular weight is 513 g/mol. The van der Waals surface area contributed by atoms with Crippen LogP contribution >= 0.6 is 34.2 Å². The first-order chi connectivity index (χ1) is 13.4.